The van der Waals surface area contributed by atoms with E-state index in [4.69, 9.17) is 4.74 Å². The van der Waals surface area contributed by atoms with Crippen molar-refractivity contribution in [2.45, 2.75) is 25.4 Å². The third kappa shape index (κ3) is 5.02. The minimum atomic E-state index is -0.411. The maximum absolute atomic E-state index is 12.3. The predicted molar refractivity (Wildman–Crippen MR) is 112 cm³/mol. The van der Waals surface area contributed by atoms with Crippen molar-refractivity contribution in [1.82, 2.24) is 9.97 Å². The summed E-state index contributed by atoms with van der Waals surface area (Å²) in [5.41, 5.74) is 3.11. The summed E-state index contributed by atoms with van der Waals surface area (Å²) in [7, 11) is 0. The molecule has 0 unspecified atom stereocenters. The highest BCUT2D eigenvalue weighted by molar-refractivity contribution is 7.99. The fourth-order valence-electron chi connectivity index (χ4n) is 2.60. The first-order valence-electron chi connectivity index (χ1n) is 9.00. The minimum Gasteiger partial charge on any atom is -0.494 e. The number of aryl methyl sites for hydroxylation is 2. The van der Waals surface area contributed by atoms with E-state index < -0.39 is 5.56 Å². The van der Waals surface area contributed by atoms with Gasteiger partial charge in [-0.05, 0) is 32.4 Å². The molecule has 0 saturated heterocycles. The normalized spacial score (nSPS) is 10.5. The predicted octanol–water partition coefficient (Wildman–Crippen LogP) is 4.49. The quantitative estimate of drug-likeness (QED) is 0.365. The van der Waals surface area contributed by atoms with Gasteiger partial charge in [-0.2, -0.15) is 5.26 Å². The zero-order chi connectivity index (χ0) is 19.9. The van der Waals surface area contributed by atoms with Crippen LogP contribution in [0.2, 0.25) is 0 Å². The molecule has 142 valence electrons. The standard InChI is InChI=1S/C22H21N3O2S/c1-15-4-8-17(9-5-15)20-19(14-23)21(26)25-22(24-20)28-13-3-12-27-18-10-6-16(2)7-11-18/h4-11H,3,12-13H2,1-2H3,(H,24,25,26). The summed E-state index contributed by atoms with van der Waals surface area (Å²) in [4.78, 5) is 19.5. The van der Waals surface area contributed by atoms with Crippen LogP contribution in [-0.2, 0) is 0 Å². The SMILES string of the molecule is Cc1ccc(OCCCSc2nc(-c3ccc(C)cc3)c(C#N)c(=O)[nH]2)cc1. The number of nitrogens with one attached hydrogen (secondary N) is 1. The second-order valence-electron chi connectivity index (χ2n) is 6.44. The molecule has 0 atom stereocenters. The summed E-state index contributed by atoms with van der Waals surface area (Å²) in [5.74, 6) is 1.59. The summed E-state index contributed by atoms with van der Waals surface area (Å²) in [5, 5.41) is 9.85. The molecule has 1 N–H and O–H groups in total. The lowest BCUT2D eigenvalue weighted by Crippen LogP contribution is -2.15. The molecule has 1 heterocycles. The number of benzene rings is 2. The molecular weight excluding hydrogens is 370 g/mol. The Hall–Kier alpha value is -3.04. The van der Waals surface area contributed by atoms with Crippen LogP contribution in [0.5, 0.6) is 5.75 Å². The Bertz CT molecular complexity index is 1040. The Labute approximate surface area is 168 Å². The first-order valence-corrected chi connectivity index (χ1v) is 9.99. The van der Waals surface area contributed by atoms with Crippen LogP contribution in [0.3, 0.4) is 0 Å². The molecular formula is C22H21N3O2S. The second-order valence-corrected chi connectivity index (χ2v) is 7.52. The first-order chi connectivity index (χ1) is 13.6. The molecule has 0 spiro atoms. The number of aromatic amines is 1. The molecule has 0 aliphatic heterocycles. The Morgan fingerprint density at radius 3 is 2.36 bits per heavy atom. The Morgan fingerprint density at radius 1 is 1.07 bits per heavy atom. The summed E-state index contributed by atoms with van der Waals surface area (Å²) < 4.78 is 5.71. The smallest absolute Gasteiger partial charge is 0.270 e. The lowest BCUT2D eigenvalue weighted by Gasteiger charge is -2.08. The number of nitriles is 1. The Morgan fingerprint density at radius 2 is 1.71 bits per heavy atom. The molecule has 0 bridgehead atoms. The Kier molecular flexibility index (Phi) is 6.51. The van der Waals surface area contributed by atoms with Crippen LogP contribution < -0.4 is 10.3 Å². The highest BCUT2D eigenvalue weighted by Crippen LogP contribution is 2.22. The highest BCUT2D eigenvalue weighted by atomic mass is 32.2. The largest absolute Gasteiger partial charge is 0.494 e. The zero-order valence-electron chi connectivity index (χ0n) is 15.9. The number of hydrogen-bond donors (Lipinski definition) is 1. The van der Waals surface area contributed by atoms with Gasteiger partial charge in [0.2, 0.25) is 0 Å². The molecule has 3 aromatic rings. The van der Waals surface area contributed by atoms with E-state index in [0.717, 1.165) is 29.1 Å². The van der Waals surface area contributed by atoms with Gasteiger partial charge in [0.05, 0.1) is 12.3 Å². The number of nitrogens with zero attached hydrogens (tertiary/aromatic N) is 2. The van der Waals surface area contributed by atoms with Gasteiger partial charge in [-0.25, -0.2) is 4.98 Å². The molecule has 1 aromatic heterocycles. The van der Waals surface area contributed by atoms with E-state index >= 15 is 0 Å². The maximum Gasteiger partial charge on any atom is 0.270 e. The van der Waals surface area contributed by atoms with Crippen molar-refractivity contribution in [3.05, 3.63) is 75.6 Å². The molecule has 0 fully saturated rings. The van der Waals surface area contributed by atoms with Crippen molar-refractivity contribution in [1.29, 1.82) is 5.26 Å². The molecule has 0 radical (unpaired) electrons. The molecule has 0 aliphatic carbocycles. The van der Waals surface area contributed by atoms with Gasteiger partial charge in [0.15, 0.2) is 5.16 Å². The third-order valence-corrected chi connectivity index (χ3v) is 5.11. The summed E-state index contributed by atoms with van der Waals surface area (Å²) in [6, 6.07) is 17.5. The van der Waals surface area contributed by atoms with E-state index in [9.17, 15) is 10.1 Å². The Balaban J connectivity index is 1.64. The van der Waals surface area contributed by atoms with Crippen molar-refractivity contribution in [3.8, 4) is 23.1 Å². The van der Waals surface area contributed by atoms with Crippen molar-refractivity contribution in [2.75, 3.05) is 12.4 Å². The van der Waals surface area contributed by atoms with Crippen LogP contribution in [0.25, 0.3) is 11.3 Å². The number of thioether (sulfide) groups is 1. The van der Waals surface area contributed by atoms with Gasteiger partial charge < -0.3 is 9.72 Å². The highest BCUT2D eigenvalue weighted by Gasteiger charge is 2.13. The number of rotatable bonds is 7. The van der Waals surface area contributed by atoms with Gasteiger partial charge in [-0.3, -0.25) is 4.79 Å². The topological polar surface area (TPSA) is 78.8 Å². The summed E-state index contributed by atoms with van der Waals surface area (Å²) in [6.07, 6.45) is 0.808. The van der Waals surface area contributed by atoms with E-state index in [1.165, 1.54) is 17.3 Å². The van der Waals surface area contributed by atoms with Crippen LogP contribution in [0, 0.1) is 25.2 Å². The van der Waals surface area contributed by atoms with E-state index in [1.54, 1.807) is 0 Å². The van der Waals surface area contributed by atoms with Gasteiger partial charge in [0.25, 0.3) is 5.56 Å². The van der Waals surface area contributed by atoms with Crippen molar-refractivity contribution < 1.29 is 4.74 Å². The average Bonchev–Trinajstić information content (AvgIpc) is 2.69. The fraction of sp³-hybridized carbons (Fsp3) is 0.227. The lowest BCUT2D eigenvalue weighted by atomic mass is 10.1. The fourth-order valence-corrected chi connectivity index (χ4v) is 3.37. The van der Waals surface area contributed by atoms with Crippen LogP contribution in [0.4, 0.5) is 0 Å². The van der Waals surface area contributed by atoms with Crippen LogP contribution in [-0.4, -0.2) is 22.3 Å². The number of H-pyrrole nitrogens is 1. The summed E-state index contributed by atoms with van der Waals surface area (Å²) in [6.45, 7) is 4.61. The molecule has 3 rings (SSSR count). The van der Waals surface area contributed by atoms with Crippen molar-refractivity contribution >= 4 is 11.8 Å². The molecule has 0 saturated carbocycles. The van der Waals surface area contributed by atoms with Gasteiger partial charge in [0.1, 0.15) is 17.4 Å². The number of ether oxygens (including phenoxy) is 1. The zero-order valence-corrected chi connectivity index (χ0v) is 16.7. The van der Waals surface area contributed by atoms with E-state index in [-0.39, 0.29) is 5.56 Å². The minimum absolute atomic E-state index is 0.0379. The monoisotopic (exact) mass is 391 g/mol. The molecule has 0 amide bonds. The second kappa shape index (κ2) is 9.25. The van der Waals surface area contributed by atoms with Gasteiger partial charge in [-0.1, -0.05) is 59.3 Å². The first kappa shape index (κ1) is 19.7. The van der Waals surface area contributed by atoms with Crippen molar-refractivity contribution in [3.63, 3.8) is 0 Å². The van der Waals surface area contributed by atoms with E-state index in [2.05, 4.69) is 9.97 Å². The number of aromatic nitrogens is 2. The average molecular weight is 391 g/mol. The molecule has 28 heavy (non-hydrogen) atoms. The number of hydrogen-bond acceptors (Lipinski definition) is 5. The maximum atomic E-state index is 12.3. The summed E-state index contributed by atoms with van der Waals surface area (Å²) >= 11 is 1.45. The van der Waals surface area contributed by atoms with Gasteiger partial charge in [0, 0.05) is 11.3 Å². The van der Waals surface area contributed by atoms with E-state index in [0.29, 0.717) is 17.5 Å². The molecule has 0 aliphatic rings. The van der Waals surface area contributed by atoms with Gasteiger partial charge >= 0.3 is 0 Å². The molecule has 2 aromatic carbocycles. The molecule has 5 nitrogen and oxygen atoms in total. The van der Waals surface area contributed by atoms with Crippen LogP contribution in [0.1, 0.15) is 23.1 Å². The lowest BCUT2D eigenvalue weighted by molar-refractivity contribution is 0.318. The van der Waals surface area contributed by atoms with Crippen molar-refractivity contribution in [2.24, 2.45) is 0 Å². The van der Waals surface area contributed by atoms with Crippen LogP contribution >= 0.6 is 11.8 Å². The molecule has 6 heteroatoms. The van der Waals surface area contributed by atoms with E-state index in [1.807, 2.05) is 68.4 Å². The third-order valence-electron chi connectivity index (χ3n) is 4.15. The van der Waals surface area contributed by atoms with Gasteiger partial charge in [-0.15, -0.1) is 0 Å². The van der Waals surface area contributed by atoms with Crippen LogP contribution in [0.15, 0.2) is 58.5 Å².